The number of phenolic OH excluding ortho intramolecular Hbond substituents is 1. The van der Waals surface area contributed by atoms with Crippen LogP contribution in [0.4, 0.5) is 11.4 Å². The molecule has 2 aromatic rings. The summed E-state index contributed by atoms with van der Waals surface area (Å²) in [5, 5.41) is 12.3. The van der Waals surface area contributed by atoms with Crippen molar-refractivity contribution in [2.24, 2.45) is 0 Å². The molecule has 0 unspecified atom stereocenters. The van der Waals surface area contributed by atoms with Gasteiger partial charge in [-0.1, -0.05) is 11.6 Å². The number of halogens is 1. The highest BCUT2D eigenvalue weighted by atomic mass is 35.5. The summed E-state index contributed by atoms with van der Waals surface area (Å²) in [6, 6.07) is 9.04. The largest absolute Gasteiger partial charge is 0.508 e. The van der Waals surface area contributed by atoms with Gasteiger partial charge in [0.15, 0.2) is 0 Å². The van der Waals surface area contributed by atoms with E-state index in [2.05, 4.69) is 5.32 Å². The minimum Gasteiger partial charge on any atom is -0.508 e. The molecule has 0 bridgehead atoms. The molecule has 0 spiro atoms. The molecule has 1 amide bonds. The van der Waals surface area contributed by atoms with Crippen LogP contribution in [0, 0.1) is 0 Å². The van der Waals surface area contributed by atoms with E-state index in [9.17, 15) is 9.90 Å². The number of carbonyl (C=O) groups excluding carboxylic acids is 1. The number of rotatable bonds is 3. The van der Waals surface area contributed by atoms with Crippen LogP contribution in [0.25, 0.3) is 0 Å². The molecule has 0 saturated heterocycles. The van der Waals surface area contributed by atoms with E-state index in [0.29, 0.717) is 22.0 Å². The molecule has 20 heavy (non-hydrogen) atoms. The quantitative estimate of drug-likeness (QED) is 0.600. The number of hydrogen-bond donors (Lipinski definition) is 3. The lowest BCUT2D eigenvalue weighted by Crippen LogP contribution is -2.14. The van der Waals surface area contributed by atoms with Crippen molar-refractivity contribution >= 4 is 28.9 Å². The van der Waals surface area contributed by atoms with Crippen molar-refractivity contribution in [2.75, 3.05) is 18.2 Å². The Bertz CT molecular complexity index is 659. The smallest absolute Gasteiger partial charge is 0.259 e. The Morgan fingerprint density at radius 3 is 2.70 bits per heavy atom. The summed E-state index contributed by atoms with van der Waals surface area (Å²) in [5.41, 5.74) is 6.68. The fraction of sp³-hybridized carbons (Fsp3) is 0.0714. The van der Waals surface area contributed by atoms with Crippen LogP contribution >= 0.6 is 11.6 Å². The topological polar surface area (TPSA) is 84.6 Å². The fourth-order valence-electron chi connectivity index (χ4n) is 1.71. The minimum absolute atomic E-state index is 0.0286. The molecule has 0 atom stereocenters. The predicted octanol–water partition coefficient (Wildman–Crippen LogP) is 2.89. The molecule has 104 valence electrons. The lowest BCUT2D eigenvalue weighted by Gasteiger charge is -2.11. The van der Waals surface area contributed by atoms with Gasteiger partial charge in [-0.2, -0.15) is 0 Å². The minimum atomic E-state index is -0.401. The monoisotopic (exact) mass is 292 g/mol. The summed E-state index contributed by atoms with van der Waals surface area (Å²) in [6.07, 6.45) is 0. The van der Waals surface area contributed by atoms with Crippen LogP contribution in [-0.2, 0) is 0 Å². The third kappa shape index (κ3) is 2.95. The maximum absolute atomic E-state index is 12.2. The molecule has 0 aliphatic rings. The first-order chi connectivity index (χ1) is 9.51. The Hall–Kier alpha value is -2.40. The Balaban J connectivity index is 2.30. The molecule has 0 fully saturated rings. The van der Waals surface area contributed by atoms with Crippen LogP contribution in [0.2, 0.25) is 5.02 Å². The highest BCUT2D eigenvalue weighted by Gasteiger charge is 2.14. The summed E-state index contributed by atoms with van der Waals surface area (Å²) in [5.74, 6) is 0.0341. The number of aromatic hydroxyl groups is 1. The number of anilines is 2. The van der Waals surface area contributed by atoms with E-state index in [1.807, 2.05) is 0 Å². The van der Waals surface area contributed by atoms with Crippen LogP contribution in [0.5, 0.6) is 11.5 Å². The summed E-state index contributed by atoms with van der Waals surface area (Å²) in [7, 11) is 1.47. The van der Waals surface area contributed by atoms with Crippen LogP contribution in [0.15, 0.2) is 36.4 Å². The van der Waals surface area contributed by atoms with Gasteiger partial charge in [0.1, 0.15) is 11.5 Å². The lowest BCUT2D eigenvalue weighted by molar-refractivity contribution is 0.102. The van der Waals surface area contributed by atoms with Gasteiger partial charge in [0, 0.05) is 11.1 Å². The molecule has 0 aliphatic heterocycles. The van der Waals surface area contributed by atoms with E-state index in [0.717, 1.165) is 0 Å². The van der Waals surface area contributed by atoms with Gasteiger partial charge in [0.05, 0.1) is 24.0 Å². The van der Waals surface area contributed by atoms with Gasteiger partial charge in [-0.15, -0.1) is 0 Å². The second kappa shape index (κ2) is 5.71. The van der Waals surface area contributed by atoms with E-state index in [1.165, 1.54) is 31.4 Å². The fourth-order valence-corrected chi connectivity index (χ4v) is 1.88. The number of nitrogens with one attached hydrogen (secondary N) is 1. The van der Waals surface area contributed by atoms with E-state index >= 15 is 0 Å². The summed E-state index contributed by atoms with van der Waals surface area (Å²) in [6.45, 7) is 0. The first-order valence-corrected chi connectivity index (χ1v) is 6.12. The summed E-state index contributed by atoms with van der Waals surface area (Å²) in [4.78, 5) is 12.2. The second-order valence-electron chi connectivity index (χ2n) is 4.07. The Morgan fingerprint density at radius 1 is 1.30 bits per heavy atom. The van der Waals surface area contributed by atoms with Crippen molar-refractivity contribution < 1.29 is 14.6 Å². The molecule has 5 nitrogen and oxygen atoms in total. The van der Waals surface area contributed by atoms with Gasteiger partial charge in [0.2, 0.25) is 0 Å². The van der Waals surface area contributed by atoms with Crippen molar-refractivity contribution in [1.29, 1.82) is 0 Å². The number of nitrogen functional groups attached to an aromatic ring is 1. The number of methoxy groups -OCH3 is 1. The molecule has 6 heteroatoms. The van der Waals surface area contributed by atoms with Gasteiger partial charge < -0.3 is 20.9 Å². The van der Waals surface area contributed by atoms with Crippen LogP contribution < -0.4 is 15.8 Å². The van der Waals surface area contributed by atoms with Crippen molar-refractivity contribution in [3.05, 3.63) is 47.0 Å². The lowest BCUT2D eigenvalue weighted by atomic mass is 10.1. The molecule has 4 N–H and O–H groups in total. The molecule has 0 aliphatic carbocycles. The Kier molecular flexibility index (Phi) is 4.00. The van der Waals surface area contributed by atoms with Crippen molar-refractivity contribution in [1.82, 2.24) is 0 Å². The average molecular weight is 293 g/mol. The number of amides is 1. The van der Waals surface area contributed by atoms with Crippen molar-refractivity contribution in [3.63, 3.8) is 0 Å². The third-order valence-electron chi connectivity index (χ3n) is 2.69. The third-order valence-corrected chi connectivity index (χ3v) is 2.92. The number of carbonyl (C=O) groups is 1. The zero-order chi connectivity index (χ0) is 14.7. The van der Waals surface area contributed by atoms with E-state index in [-0.39, 0.29) is 11.4 Å². The molecule has 0 saturated carbocycles. The van der Waals surface area contributed by atoms with Gasteiger partial charge in [-0.25, -0.2) is 0 Å². The highest BCUT2D eigenvalue weighted by molar-refractivity contribution is 6.31. The number of ether oxygens (including phenoxy) is 1. The molecular formula is C14H13ClN2O3. The summed E-state index contributed by atoms with van der Waals surface area (Å²) < 4.78 is 5.12. The van der Waals surface area contributed by atoms with E-state index in [1.54, 1.807) is 12.1 Å². The standard InChI is InChI=1S/C14H13ClN2O3/c1-20-13-5-2-8(15)6-10(13)14(19)17-12-4-3-9(18)7-11(12)16/h2-7,18H,16H2,1H3,(H,17,19). The average Bonchev–Trinajstić information content (AvgIpc) is 2.41. The van der Waals surface area contributed by atoms with Gasteiger partial charge in [-0.05, 0) is 30.3 Å². The predicted molar refractivity (Wildman–Crippen MR) is 78.5 cm³/mol. The van der Waals surface area contributed by atoms with Gasteiger partial charge in [-0.3, -0.25) is 4.79 Å². The summed E-state index contributed by atoms with van der Waals surface area (Å²) >= 11 is 5.88. The molecule has 2 aromatic carbocycles. The number of hydrogen-bond acceptors (Lipinski definition) is 4. The van der Waals surface area contributed by atoms with E-state index < -0.39 is 5.91 Å². The Labute approximate surface area is 120 Å². The number of benzene rings is 2. The molecule has 0 heterocycles. The van der Waals surface area contributed by atoms with Crippen molar-refractivity contribution in [2.45, 2.75) is 0 Å². The van der Waals surface area contributed by atoms with E-state index in [4.69, 9.17) is 22.1 Å². The highest BCUT2D eigenvalue weighted by Crippen LogP contribution is 2.27. The van der Waals surface area contributed by atoms with Crippen molar-refractivity contribution in [3.8, 4) is 11.5 Å². The maximum atomic E-state index is 12.2. The first kappa shape index (κ1) is 14.0. The molecule has 0 radical (unpaired) electrons. The van der Waals surface area contributed by atoms with Crippen LogP contribution in [0.1, 0.15) is 10.4 Å². The maximum Gasteiger partial charge on any atom is 0.259 e. The zero-order valence-corrected chi connectivity index (χ0v) is 11.4. The molecule has 2 rings (SSSR count). The second-order valence-corrected chi connectivity index (χ2v) is 4.51. The van der Waals surface area contributed by atoms with Crippen LogP contribution in [0.3, 0.4) is 0 Å². The van der Waals surface area contributed by atoms with Gasteiger partial charge in [0.25, 0.3) is 5.91 Å². The molecule has 0 aromatic heterocycles. The number of nitrogens with two attached hydrogens (primary N) is 1. The molecular weight excluding hydrogens is 280 g/mol. The zero-order valence-electron chi connectivity index (χ0n) is 10.7. The van der Waals surface area contributed by atoms with Crippen LogP contribution in [-0.4, -0.2) is 18.1 Å². The Morgan fingerprint density at radius 2 is 2.05 bits per heavy atom. The first-order valence-electron chi connectivity index (χ1n) is 5.74. The normalized spacial score (nSPS) is 10.1. The van der Waals surface area contributed by atoms with Gasteiger partial charge >= 0.3 is 0 Å². The number of phenols is 1. The SMILES string of the molecule is COc1ccc(Cl)cc1C(=O)Nc1ccc(O)cc1N.